The monoisotopic (exact) mass is 297 g/mol. The largest absolute Gasteiger partial charge is 0.395 e. The molecule has 0 bridgehead atoms. The van der Waals surface area contributed by atoms with Crippen molar-refractivity contribution in [3.05, 3.63) is 34.3 Å². The number of hydrogen-bond acceptors (Lipinski definition) is 2. The molecule has 0 saturated heterocycles. The summed E-state index contributed by atoms with van der Waals surface area (Å²) < 4.78 is 1.01. The number of rotatable bonds is 4. The van der Waals surface area contributed by atoms with Crippen LogP contribution in [0, 0.1) is 5.41 Å². The van der Waals surface area contributed by atoms with Crippen LogP contribution in [0.25, 0.3) is 0 Å². The molecule has 1 N–H and O–H groups in total. The van der Waals surface area contributed by atoms with E-state index in [-0.39, 0.29) is 12.5 Å². The van der Waals surface area contributed by atoms with Crippen molar-refractivity contribution < 1.29 is 9.90 Å². The topological polar surface area (TPSA) is 40.5 Å². The van der Waals surface area contributed by atoms with Gasteiger partial charge in [-0.1, -0.05) is 34.1 Å². The lowest BCUT2D eigenvalue weighted by atomic mass is 10.1. The van der Waals surface area contributed by atoms with Crippen LogP contribution in [0.3, 0.4) is 0 Å². The smallest absolute Gasteiger partial charge is 0.231 e. The molecule has 0 spiro atoms. The van der Waals surface area contributed by atoms with E-state index in [1.54, 1.807) is 11.9 Å². The van der Waals surface area contributed by atoms with Gasteiger partial charge < -0.3 is 10.0 Å². The minimum atomic E-state index is -0.476. The van der Waals surface area contributed by atoms with Gasteiger partial charge in [0.1, 0.15) is 0 Å². The van der Waals surface area contributed by atoms with Crippen molar-refractivity contribution in [3.8, 4) is 0 Å². The summed E-state index contributed by atoms with van der Waals surface area (Å²) in [6.07, 6.45) is 1.62. The van der Waals surface area contributed by atoms with Gasteiger partial charge in [0, 0.05) is 18.1 Å². The summed E-state index contributed by atoms with van der Waals surface area (Å²) in [4.78, 5) is 13.8. The molecular formula is C13H16BrNO2. The number of aliphatic hydroxyl groups excluding tert-OH is 1. The lowest BCUT2D eigenvalue weighted by Crippen LogP contribution is -2.35. The van der Waals surface area contributed by atoms with E-state index in [0.29, 0.717) is 6.54 Å². The maximum Gasteiger partial charge on any atom is 0.231 e. The molecule has 1 fully saturated rings. The average molecular weight is 298 g/mol. The Morgan fingerprint density at radius 1 is 1.47 bits per heavy atom. The van der Waals surface area contributed by atoms with Crippen molar-refractivity contribution in [1.82, 2.24) is 4.90 Å². The van der Waals surface area contributed by atoms with E-state index >= 15 is 0 Å². The van der Waals surface area contributed by atoms with Gasteiger partial charge in [-0.05, 0) is 24.5 Å². The van der Waals surface area contributed by atoms with Crippen LogP contribution in [0.4, 0.5) is 0 Å². The molecule has 1 amide bonds. The molecule has 1 aromatic carbocycles. The van der Waals surface area contributed by atoms with Crippen molar-refractivity contribution in [2.75, 3.05) is 13.7 Å². The van der Waals surface area contributed by atoms with Gasteiger partial charge in [0.05, 0.1) is 12.0 Å². The second kappa shape index (κ2) is 4.78. The van der Waals surface area contributed by atoms with Gasteiger partial charge >= 0.3 is 0 Å². The molecule has 0 radical (unpaired) electrons. The Morgan fingerprint density at radius 3 is 2.65 bits per heavy atom. The molecule has 4 heteroatoms. The lowest BCUT2D eigenvalue weighted by molar-refractivity contribution is -0.137. The van der Waals surface area contributed by atoms with Crippen LogP contribution < -0.4 is 0 Å². The Bertz CT molecular complexity index is 429. The Morgan fingerprint density at radius 2 is 2.12 bits per heavy atom. The standard InChI is InChI=1S/C13H16BrNO2/c1-15(12(17)13(9-16)6-7-13)8-10-4-2-3-5-11(10)14/h2-5,16H,6-9H2,1H3. The zero-order chi connectivity index (χ0) is 12.5. The van der Waals surface area contributed by atoms with Crippen LogP contribution in [0.2, 0.25) is 0 Å². The third-order valence-corrected chi connectivity index (χ3v) is 4.10. The highest BCUT2D eigenvalue weighted by Crippen LogP contribution is 2.46. The first kappa shape index (κ1) is 12.6. The zero-order valence-corrected chi connectivity index (χ0v) is 11.4. The number of halogens is 1. The first-order valence-electron chi connectivity index (χ1n) is 5.69. The van der Waals surface area contributed by atoms with E-state index in [9.17, 15) is 9.90 Å². The van der Waals surface area contributed by atoms with Gasteiger partial charge in [0.15, 0.2) is 0 Å². The van der Waals surface area contributed by atoms with E-state index < -0.39 is 5.41 Å². The van der Waals surface area contributed by atoms with Crippen molar-refractivity contribution >= 4 is 21.8 Å². The Labute approximate surface area is 110 Å². The second-order valence-corrected chi connectivity index (χ2v) is 5.55. The van der Waals surface area contributed by atoms with Crippen LogP contribution in [0.5, 0.6) is 0 Å². The minimum absolute atomic E-state index is 0.0356. The molecule has 2 rings (SSSR count). The molecule has 0 heterocycles. The summed E-state index contributed by atoms with van der Waals surface area (Å²) in [5, 5.41) is 9.24. The summed E-state index contributed by atoms with van der Waals surface area (Å²) >= 11 is 3.47. The Hall–Kier alpha value is -0.870. The number of hydrogen-bond donors (Lipinski definition) is 1. The predicted octanol–water partition coefficient (Wildman–Crippen LogP) is 2.18. The third-order valence-electron chi connectivity index (χ3n) is 3.32. The van der Waals surface area contributed by atoms with Gasteiger partial charge in [-0.25, -0.2) is 0 Å². The van der Waals surface area contributed by atoms with Gasteiger partial charge in [0.2, 0.25) is 5.91 Å². The molecule has 0 atom stereocenters. The summed E-state index contributed by atoms with van der Waals surface area (Å²) in [6.45, 7) is 0.536. The van der Waals surface area contributed by atoms with Gasteiger partial charge in [0.25, 0.3) is 0 Å². The number of benzene rings is 1. The molecule has 0 aliphatic heterocycles. The van der Waals surface area contributed by atoms with E-state index in [0.717, 1.165) is 22.9 Å². The normalized spacial score (nSPS) is 16.6. The maximum atomic E-state index is 12.1. The van der Waals surface area contributed by atoms with Crippen LogP contribution in [0.15, 0.2) is 28.7 Å². The number of nitrogens with zero attached hydrogens (tertiary/aromatic N) is 1. The molecule has 3 nitrogen and oxygen atoms in total. The van der Waals surface area contributed by atoms with Crippen molar-refractivity contribution in [1.29, 1.82) is 0 Å². The van der Waals surface area contributed by atoms with E-state index in [1.165, 1.54) is 0 Å². The zero-order valence-electron chi connectivity index (χ0n) is 9.82. The predicted molar refractivity (Wildman–Crippen MR) is 69.4 cm³/mol. The fourth-order valence-electron chi connectivity index (χ4n) is 1.95. The highest BCUT2D eigenvalue weighted by atomic mass is 79.9. The molecule has 0 unspecified atom stereocenters. The van der Waals surface area contributed by atoms with Crippen molar-refractivity contribution in [2.24, 2.45) is 5.41 Å². The van der Waals surface area contributed by atoms with Gasteiger partial charge in [-0.2, -0.15) is 0 Å². The molecule has 0 aromatic heterocycles. The highest BCUT2D eigenvalue weighted by Gasteiger charge is 2.50. The molecular weight excluding hydrogens is 282 g/mol. The summed E-state index contributed by atoms with van der Waals surface area (Å²) in [5.74, 6) is 0.0516. The first-order valence-corrected chi connectivity index (χ1v) is 6.48. The van der Waals surface area contributed by atoms with E-state index in [1.807, 2.05) is 24.3 Å². The van der Waals surface area contributed by atoms with Crippen LogP contribution in [-0.4, -0.2) is 29.6 Å². The first-order chi connectivity index (χ1) is 8.09. The molecule has 17 heavy (non-hydrogen) atoms. The molecule has 1 aromatic rings. The number of carbonyl (C=O) groups is 1. The van der Waals surface area contributed by atoms with E-state index in [2.05, 4.69) is 15.9 Å². The van der Waals surface area contributed by atoms with Crippen molar-refractivity contribution in [3.63, 3.8) is 0 Å². The molecule has 1 saturated carbocycles. The summed E-state index contributed by atoms with van der Waals surface area (Å²) in [7, 11) is 1.79. The molecule has 92 valence electrons. The molecule has 1 aliphatic rings. The fourth-order valence-corrected chi connectivity index (χ4v) is 2.36. The van der Waals surface area contributed by atoms with Crippen LogP contribution >= 0.6 is 15.9 Å². The number of aliphatic hydroxyl groups is 1. The Kier molecular flexibility index (Phi) is 3.54. The van der Waals surface area contributed by atoms with E-state index in [4.69, 9.17) is 0 Å². The second-order valence-electron chi connectivity index (χ2n) is 4.69. The fraction of sp³-hybridized carbons (Fsp3) is 0.462. The third kappa shape index (κ3) is 2.53. The minimum Gasteiger partial charge on any atom is -0.395 e. The summed E-state index contributed by atoms with van der Waals surface area (Å²) in [6, 6.07) is 7.86. The highest BCUT2D eigenvalue weighted by molar-refractivity contribution is 9.10. The molecule has 1 aliphatic carbocycles. The maximum absolute atomic E-state index is 12.1. The quantitative estimate of drug-likeness (QED) is 0.925. The van der Waals surface area contributed by atoms with Crippen LogP contribution in [0.1, 0.15) is 18.4 Å². The van der Waals surface area contributed by atoms with Crippen LogP contribution in [-0.2, 0) is 11.3 Å². The summed E-state index contributed by atoms with van der Waals surface area (Å²) in [5.41, 5.74) is 0.604. The van der Waals surface area contributed by atoms with Gasteiger partial charge in [-0.3, -0.25) is 4.79 Å². The van der Waals surface area contributed by atoms with Gasteiger partial charge in [-0.15, -0.1) is 0 Å². The number of carbonyl (C=O) groups excluding carboxylic acids is 1. The lowest BCUT2D eigenvalue weighted by Gasteiger charge is -2.22. The SMILES string of the molecule is CN(Cc1ccccc1Br)C(=O)C1(CO)CC1. The Balaban J connectivity index is 2.05. The number of amides is 1. The van der Waals surface area contributed by atoms with Crippen molar-refractivity contribution in [2.45, 2.75) is 19.4 Å². The average Bonchev–Trinajstić information content (AvgIpc) is 3.12.